The number of hydrogen-bond acceptors (Lipinski definition) is 2. The van der Waals surface area contributed by atoms with E-state index < -0.39 is 24.4 Å². The molecule has 0 bridgehead atoms. The Morgan fingerprint density at radius 1 is 1.67 bits per heavy atom. The highest BCUT2D eigenvalue weighted by atomic mass is 19.3. The van der Waals surface area contributed by atoms with Crippen molar-refractivity contribution in [2.45, 2.75) is 31.3 Å². The molecule has 0 aromatic carbocycles. The molecule has 1 unspecified atom stereocenters. The van der Waals surface area contributed by atoms with Crippen molar-refractivity contribution in [2.24, 2.45) is 0 Å². The molecule has 0 spiro atoms. The normalized spacial score (nSPS) is 24.3. The minimum absolute atomic E-state index is 0.250. The van der Waals surface area contributed by atoms with E-state index in [0.29, 0.717) is 13.0 Å². The zero-order valence-electron chi connectivity index (χ0n) is 6.43. The topological polar surface area (TPSA) is 46.5 Å². The van der Waals surface area contributed by atoms with Crippen LogP contribution in [0.5, 0.6) is 0 Å². The summed E-state index contributed by atoms with van der Waals surface area (Å²) < 4.78 is 30.5. The number of aliphatic carboxylic acids is 1. The first-order chi connectivity index (χ1) is 5.52. The lowest BCUT2D eigenvalue weighted by Gasteiger charge is -2.20. The lowest BCUT2D eigenvalue weighted by atomic mass is 10.1. The van der Waals surface area contributed by atoms with Crippen LogP contribution in [-0.2, 0) is 9.53 Å². The van der Waals surface area contributed by atoms with Gasteiger partial charge in [0.2, 0.25) is 0 Å². The molecule has 0 saturated carbocycles. The molecule has 5 heteroatoms. The van der Waals surface area contributed by atoms with Gasteiger partial charge in [0.15, 0.2) is 0 Å². The first kappa shape index (κ1) is 9.38. The van der Waals surface area contributed by atoms with Gasteiger partial charge >= 0.3 is 5.97 Å². The zero-order valence-corrected chi connectivity index (χ0v) is 6.43. The maximum absolute atomic E-state index is 12.9. The number of halogens is 2. The van der Waals surface area contributed by atoms with Gasteiger partial charge in [-0.2, -0.15) is 0 Å². The van der Waals surface area contributed by atoms with Crippen LogP contribution in [0.3, 0.4) is 0 Å². The lowest BCUT2D eigenvalue weighted by molar-refractivity contribution is -0.158. The number of ether oxygens (including phenoxy) is 1. The maximum Gasteiger partial charge on any atom is 0.309 e. The van der Waals surface area contributed by atoms with Crippen molar-refractivity contribution in [1.29, 1.82) is 0 Å². The van der Waals surface area contributed by atoms with E-state index in [4.69, 9.17) is 9.84 Å². The minimum atomic E-state index is -3.22. The molecule has 1 saturated heterocycles. The Kier molecular flexibility index (Phi) is 2.62. The van der Waals surface area contributed by atoms with Crippen molar-refractivity contribution < 1.29 is 23.4 Å². The van der Waals surface area contributed by atoms with Gasteiger partial charge < -0.3 is 9.84 Å². The van der Waals surface area contributed by atoms with Crippen LogP contribution in [0.4, 0.5) is 8.78 Å². The largest absolute Gasteiger partial charge is 0.481 e. The first-order valence-electron chi connectivity index (χ1n) is 3.73. The summed E-state index contributed by atoms with van der Waals surface area (Å²) in [6.07, 6.45) is -1.51. The number of hydrogen-bond donors (Lipinski definition) is 1. The van der Waals surface area contributed by atoms with Gasteiger partial charge in [0, 0.05) is 6.61 Å². The molecule has 1 atom stereocenters. The Hall–Kier alpha value is -0.710. The van der Waals surface area contributed by atoms with E-state index in [1.807, 2.05) is 0 Å². The molecule has 70 valence electrons. The Labute approximate surface area is 68.3 Å². The van der Waals surface area contributed by atoms with Crippen molar-refractivity contribution >= 4 is 5.97 Å². The molecule has 0 aromatic rings. The molecule has 0 aliphatic carbocycles. The molecule has 0 amide bonds. The molecule has 3 nitrogen and oxygen atoms in total. The predicted octanol–water partition coefficient (Wildman–Crippen LogP) is 1.28. The van der Waals surface area contributed by atoms with Crippen molar-refractivity contribution in [1.82, 2.24) is 0 Å². The van der Waals surface area contributed by atoms with Crippen LogP contribution in [0.15, 0.2) is 0 Å². The van der Waals surface area contributed by atoms with Gasteiger partial charge in [-0.05, 0) is 12.8 Å². The van der Waals surface area contributed by atoms with Gasteiger partial charge in [-0.3, -0.25) is 4.79 Å². The molecule has 1 heterocycles. The van der Waals surface area contributed by atoms with E-state index in [9.17, 15) is 13.6 Å². The smallest absolute Gasteiger partial charge is 0.309 e. The first-order valence-corrected chi connectivity index (χ1v) is 3.73. The summed E-state index contributed by atoms with van der Waals surface area (Å²) in [5.74, 6) is -4.71. The summed E-state index contributed by atoms with van der Waals surface area (Å²) >= 11 is 0. The SMILES string of the molecule is O=C(O)CC(F)(F)C1CCCO1. The van der Waals surface area contributed by atoms with Gasteiger partial charge in [0.25, 0.3) is 5.92 Å². The minimum Gasteiger partial charge on any atom is -0.481 e. The van der Waals surface area contributed by atoms with Crippen LogP contribution in [0.1, 0.15) is 19.3 Å². The second-order valence-corrected chi connectivity index (χ2v) is 2.83. The van der Waals surface area contributed by atoms with Gasteiger partial charge in [-0.1, -0.05) is 0 Å². The summed E-state index contributed by atoms with van der Waals surface area (Å²) in [6, 6.07) is 0. The fourth-order valence-corrected chi connectivity index (χ4v) is 1.23. The highest BCUT2D eigenvalue weighted by Gasteiger charge is 2.44. The number of carbonyl (C=O) groups is 1. The average molecular weight is 180 g/mol. The molecule has 12 heavy (non-hydrogen) atoms. The fraction of sp³-hybridized carbons (Fsp3) is 0.857. The molecule has 0 aromatic heterocycles. The van der Waals surface area contributed by atoms with E-state index in [-0.39, 0.29) is 6.42 Å². The van der Waals surface area contributed by atoms with Crippen LogP contribution < -0.4 is 0 Å². The second kappa shape index (κ2) is 3.35. The second-order valence-electron chi connectivity index (χ2n) is 2.83. The molecular formula is C7H10F2O3. The van der Waals surface area contributed by atoms with Crippen LogP contribution in [0, 0.1) is 0 Å². The Balaban J connectivity index is 2.50. The third kappa shape index (κ3) is 2.14. The third-order valence-corrected chi connectivity index (χ3v) is 1.79. The van der Waals surface area contributed by atoms with Gasteiger partial charge in [0.05, 0.1) is 0 Å². The molecule has 1 rings (SSSR count). The van der Waals surface area contributed by atoms with Crippen LogP contribution in [0.2, 0.25) is 0 Å². The Morgan fingerprint density at radius 2 is 2.33 bits per heavy atom. The van der Waals surface area contributed by atoms with Crippen molar-refractivity contribution in [2.75, 3.05) is 6.61 Å². The van der Waals surface area contributed by atoms with E-state index in [1.54, 1.807) is 0 Å². The summed E-state index contributed by atoms with van der Waals surface area (Å²) in [6.45, 7) is 0.305. The molecule has 1 aliphatic heterocycles. The monoisotopic (exact) mass is 180 g/mol. The molecule has 1 aliphatic rings. The summed E-state index contributed by atoms with van der Waals surface area (Å²) in [5.41, 5.74) is 0. The fourth-order valence-electron chi connectivity index (χ4n) is 1.23. The van der Waals surface area contributed by atoms with E-state index >= 15 is 0 Å². The van der Waals surface area contributed by atoms with Crippen LogP contribution in [0.25, 0.3) is 0 Å². The number of alkyl halides is 2. The van der Waals surface area contributed by atoms with Crippen LogP contribution >= 0.6 is 0 Å². The van der Waals surface area contributed by atoms with Gasteiger partial charge in [-0.15, -0.1) is 0 Å². The number of carboxylic acids is 1. The van der Waals surface area contributed by atoms with Crippen molar-refractivity contribution in [3.05, 3.63) is 0 Å². The van der Waals surface area contributed by atoms with Crippen molar-refractivity contribution in [3.63, 3.8) is 0 Å². The lowest BCUT2D eigenvalue weighted by Crippen LogP contribution is -2.35. The van der Waals surface area contributed by atoms with Gasteiger partial charge in [0.1, 0.15) is 12.5 Å². The summed E-state index contributed by atoms with van der Waals surface area (Å²) in [7, 11) is 0. The van der Waals surface area contributed by atoms with Crippen molar-refractivity contribution in [3.8, 4) is 0 Å². The van der Waals surface area contributed by atoms with Crippen LogP contribution in [-0.4, -0.2) is 29.7 Å². The summed E-state index contributed by atoms with van der Waals surface area (Å²) in [4.78, 5) is 10.0. The zero-order chi connectivity index (χ0) is 9.19. The molecule has 0 radical (unpaired) electrons. The standard InChI is InChI=1S/C7H10F2O3/c8-7(9,4-6(10)11)5-2-1-3-12-5/h5H,1-4H2,(H,10,11). The van der Waals surface area contributed by atoms with E-state index in [1.165, 1.54) is 0 Å². The van der Waals surface area contributed by atoms with E-state index in [0.717, 1.165) is 0 Å². The number of rotatable bonds is 3. The molecule has 1 fully saturated rings. The highest BCUT2D eigenvalue weighted by Crippen LogP contribution is 2.31. The molecular weight excluding hydrogens is 170 g/mol. The quantitative estimate of drug-likeness (QED) is 0.711. The van der Waals surface area contributed by atoms with Gasteiger partial charge in [-0.25, -0.2) is 8.78 Å². The summed E-state index contributed by atoms with van der Waals surface area (Å²) in [5, 5.41) is 8.17. The molecule has 1 N–H and O–H groups in total. The Bertz CT molecular complexity index is 175. The highest BCUT2D eigenvalue weighted by molar-refractivity contribution is 5.67. The Morgan fingerprint density at radius 3 is 2.75 bits per heavy atom. The third-order valence-electron chi connectivity index (χ3n) is 1.79. The maximum atomic E-state index is 12.9. The predicted molar refractivity (Wildman–Crippen MR) is 36.2 cm³/mol. The van der Waals surface area contributed by atoms with E-state index in [2.05, 4.69) is 0 Å². The average Bonchev–Trinajstić information content (AvgIpc) is 2.32. The number of carboxylic acid groups (broad SMARTS) is 1.